The average Bonchev–Trinajstić information content (AvgIpc) is 3.12. The Kier molecular flexibility index (Phi) is 6.44. The number of carboxylic acid groups (broad SMARTS) is 1. The number of carbonyl (C=O) groups is 2. The van der Waals surface area contributed by atoms with Gasteiger partial charge in [-0.3, -0.25) is 4.79 Å². The minimum absolute atomic E-state index is 0.0917. The number of nitrogens with zero attached hydrogens (tertiary/aromatic N) is 4. The van der Waals surface area contributed by atoms with Gasteiger partial charge in [0.1, 0.15) is 6.10 Å². The Morgan fingerprint density at radius 3 is 2.33 bits per heavy atom. The SMILES string of the molecule is O=C(O)C(F)(F)F.O=C(c1ncccn1)N1CC2(CC(Oc3ccccn3)CS2)C1. The molecule has 0 radical (unpaired) electrons. The number of hydrogen-bond donors (Lipinski definition) is 1. The zero-order valence-corrected chi connectivity index (χ0v) is 16.3. The molecule has 1 N–H and O–H groups in total. The number of thioether (sulfide) groups is 1. The predicted molar refractivity (Wildman–Crippen MR) is 100 cm³/mol. The summed E-state index contributed by atoms with van der Waals surface area (Å²) in [4.78, 5) is 35.3. The van der Waals surface area contributed by atoms with E-state index in [2.05, 4.69) is 15.0 Å². The number of alkyl halides is 3. The van der Waals surface area contributed by atoms with E-state index in [1.165, 1.54) is 0 Å². The molecule has 2 aliphatic heterocycles. The molecule has 1 amide bonds. The Morgan fingerprint density at radius 2 is 1.77 bits per heavy atom. The number of aromatic nitrogens is 3. The number of aliphatic carboxylic acids is 1. The Balaban J connectivity index is 0.000000318. The van der Waals surface area contributed by atoms with E-state index in [0.29, 0.717) is 5.88 Å². The van der Waals surface area contributed by atoms with E-state index in [-0.39, 0.29) is 22.6 Å². The topological polar surface area (TPSA) is 106 Å². The highest BCUT2D eigenvalue weighted by Crippen LogP contribution is 2.46. The van der Waals surface area contributed by atoms with Crippen molar-refractivity contribution in [3.05, 3.63) is 48.7 Å². The van der Waals surface area contributed by atoms with E-state index < -0.39 is 12.1 Å². The molecule has 1 unspecified atom stereocenters. The maximum atomic E-state index is 12.3. The molecule has 2 saturated heterocycles. The third-order valence-electron chi connectivity index (χ3n) is 4.35. The number of carboxylic acids is 1. The van der Waals surface area contributed by atoms with E-state index in [1.807, 2.05) is 34.9 Å². The van der Waals surface area contributed by atoms with Gasteiger partial charge in [0.25, 0.3) is 5.91 Å². The molecule has 1 spiro atoms. The van der Waals surface area contributed by atoms with Crippen LogP contribution in [-0.2, 0) is 4.79 Å². The number of rotatable bonds is 3. The molecule has 2 fully saturated rings. The fraction of sp³-hybridized carbons (Fsp3) is 0.389. The quantitative estimate of drug-likeness (QED) is 0.772. The van der Waals surface area contributed by atoms with Crippen LogP contribution in [-0.4, -0.2) is 72.7 Å². The van der Waals surface area contributed by atoms with Gasteiger partial charge < -0.3 is 14.7 Å². The van der Waals surface area contributed by atoms with Crippen LogP contribution < -0.4 is 4.74 Å². The molecule has 2 aromatic heterocycles. The van der Waals surface area contributed by atoms with Gasteiger partial charge in [0.2, 0.25) is 11.7 Å². The van der Waals surface area contributed by atoms with Crippen molar-refractivity contribution in [1.29, 1.82) is 0 Å². The highest BCUT2D eigenvalue weighted by Gasteiger charge is 2.51. The van der Waals surface area contributed by atoms with Crippen LogP contribution in [0.4, 0.5) is 13.2 Å². The molecule has 0 bridgehead atoms. The Labute approximate surface area is 173 Å². The van der Waals surface area contributed by atoms with Crippen molar-refractivity contribution in [2.75, 3.05) is 18.8 Å². The minimum Gasteiger partial charge on any atom is -0.475 e. The second-order valence-electron chi connectivity index (χ2n) is 6.64. The smallest absolute Gasteiger partial charge is 0.475 e. The number of pyridine rings is 1. The largest absolute Gasteiger partial charge is 0.490 e. The molecular weight excluding hydrogens is 425 g/mol. The third-order valence-corrected chi connectivity index (χ3v) is 5.92. The van der Waals surface area contributed by atoms with Crippen molar-refractivity contribution in [2.24, 2.45) is 0 Å². The number of hydrogen-bond acceptors (Lipinski definition) is 7. The number of amides is 1. The van der Waals surface area contributed by atoms with Gasteiger partial charge in [-0.05, 0) is 12.1 Å². The molecule has 4 rings (SSSR count). The molecule has 160 valence electrons. The van der Waals surface area contributed by atoms with Crippen LogP contribution in [0.2, 0.25) is 0 Å². The van der Waals surface area contributed by atoms with Crippen molar-refractivity contribution in [2.45, 2.75) is 23.4 Å². The summed E-state index contributed by atoms with van der Waals surface area (Å²) < 4.78 is 37.8. The van der Waals surface area contributed by atoms with Crippen molar-refractivity contribution >= 4 is 23.6 Å². The van der Waals surface area contributed by atoms with E-state index in [9.17, 15) is 18.0 Å². The lowest BCUT2D eigenvalue weighted by Crippen LogP contribution is -2.61. The van der Waals surface area contributed by atoms with E-state index in [4.69, 9.17) is 14.6 Å². The van der Waals surface area contributed by atoms with Crippen LogP contribution in [0.5, 0.6) is 5.88 Å². The van der Waals surface area contributed by atoms with Crippen LogP contribution in [0.25, 0.3) is 0 Å². The molecule has 2 aromatic rings. The van der Waals surface area contributed by atoms with E-state index >= 15 is 0 Å². The normalized spacial score (nSPS) is 19.4. The molecule has 30 heavy (non-hydrogen) atoms. The summed E-state index contributed by atoms with van der Waals surface area (Å²) >= 11 is 1.89. The maximum Gasteiger partial charge on any atom is 0.490 e. The lowest BCUT2D eigenvalue weighted by molar-refractivity contribution is -0.192. The molecule has 2 aliphatic rings. The number of likely N-dealkylation sites (tertiary alicyclic amines) is 1. The van der Waals surface area contributed by atoms with Crippen LogP contribution in [0.15, 0.2) is 42.9 Å². The van der Waals surface area contributed by atoms with Crippen molar-refractivity contribution < 1.29 is 32.6 Å². The Bertz CT molecular complexity index is 880. The zero-order chi connectivity index (χ0) is 21.8. The number of carbonyl (C=O) groups excluding carboxylic acids is 1. The summed E-state index contributed by atoms with van der Waals surface area (Å²) in [6, 6.07) is 7.38. The molecule has 12 heteroatoms. The maximum absolute atomic E-state index is 12.3. The van der Waals surface area contributed by atoms with E-state index in [1.54, 1.807) is 24.7 Å². The lowest BCUT2D eigenvalue weighted by Gasteiger charge is -2.46. The van der Waals surface area contributed by atoms with Gasteiger partial charge in [-0.25, -0.2) is 19.7 Å². The first kappa shape index (κ1) is 21.8. The molecule has 0 aromatic carbocycles. The van der Waals surface area contributed by atoms with Gasteiger partial charge >= 0.3 is 12.1 Å². The molecular formula is C18H17F3N4O4S. The van der Waals surface area contributed by atoms with Crippen molar-refractivity contribution in [1.82, 2.24) is 19.9 Å². The second-order valence-corrected chi connectivity index (χ2v) is 8.13. The average molecular weight is 442 g/mol. The minimum atomic E-state index is -5.08. The van der Waals surface area contributed by atoms with E-state index in [0.717, 1.165) is 25.3 Å². The first-order valence-corrected chi connectivity index (χ1v) is 9.75. The van der Waals surface area contributed by atoms with Crippen LogP contribution in [0.1, 0.15) is 17.0 Å². The summed E-state index contributed by atoms with van der Waals surface area (Å²) in [5.74, 6) is -0.981. The van der Waals surface area contributed by atoms with Crippen LogP contribution in [0.3, 0.4) is 0 Å². The van der Waals surface area contributed by atoms with Gasteiger partial charge in [0, 0.05) is 49.9 Å². The predicted octanol–water partition coefficient (Wildman–Crippen LogP) is 2.28. The first-order chi connectivity index (χ1) is 14.2. The van der Waals surface area contributed by atoms with Crippen LogP contribution in [0, 0.1) is 0 Å². The highest BCUT2D eigenvalue weighted by molar-refractivity contribution is 8.01. The number of halogens is 3. The fourth-order valence-electron chi connectivity index (χ4n) is 3.03. The monoisotopic (exact) mass is 442 g/mol. The standard InChI is InChI=1S/C16H16N4O2S.C2HF3O2/c21-15(14-18-6-3-7-19-14)20-10-16(11-20)8-12(9-23-16)22-13-4-1-2-5-17-13;3-2(4,5)1(6)7/h1-7,12H,8-11H2;(H,6,7). The molecule has 0 saturated carbocycles. The zero-order valence-electron chi connectivity index (χ0n) is 15.5. The first-order valence-electron chi connectivity index (χ1n) is 8.77. The molecule has 8 nitrogen and oxygen atoms in total. The molecule has 4 heterocycles. The fourth-order valence-corrected chi connectivity index (χ4v) is 4.55. The summed E-state index contributed by atoms with van der Waals surface area (Å²) in [6.07, 6.45) is 0.929. The van der Waals surface area contributed by atoms with Gasteiger partial charge in [-0.1, -0.05) is 6.07 Å². The summed E-state index contributed by atoms with van der Waals surface area (Å²) in [6.45, 7) is 1.47. The van der Waals surface area contributed by atoms with Crippen LogP contribution >= 0.6 is 11.8 Å². The molecule has 1 atom stereocenters. The van der Waals surface area contributed by atoms with Gasteiger partial charge in [-0.2, -0.15) is 13.2 Å². The summed E-state index contributed by atoms with van der Waals surface area (Å²) in [5.41, 5.74) is 0. The van der Waals surface area contributed by atoms with Gasteiger partial charge in [-0.15, -0.1) is 11.8 Å². The third kappa shape index (κ3) is 5.38. The summed E-state index contributed by atoms with van der Waals surface area (Å²) in [5, 5.41) is 7.12. The Hall–Kier alpha value is -2.89. The van der Waals surface area contributed by atoms with Crippen molar-refractivity contribution in [3.63, 3.8) is 0 Å². The van der Waals surface area contributed by atoms with Gasteiger partial charge in [0.05, 0.1) is 4.75 Å². The lowest BCUT2D eigenvalue weighted by atomic mass is 9.93. The number of ether oxygens (including phenoxy) is 1. The van der Waals surface area contributed by atoms with Gasteiger partial charge in [0.15, 0.2) is 0 Å². The summed E-state index contributed by atoms with van der Waals surface area (Å²) in [7, 11) is 0. The molecule has 0 aliphatic carbocycles. The second kappa shape index (κ2) is 8.86. The Morgan fingerprint density at radius 1 is 1.13 bits per heavy atom. The highest BCUT2D eigenvalue weighted by atomic mass is 32.2. The van der Waals surface area contributed by atoms with Crippen molar-refractivity contribution in [3.8, 4) is 5.88 Å².